The zero-order valence-corrected chi connectivity index (χ0v) is 11.3. The fraction of sp³-hybridized carbons (Fsp3) is 0.429. The Bertz CT molecular complexity index is 443. The molecule has 0 radical (unpaired) electrons. The van der Waals surface area contributed by atoms with E-state index in [2.05, 4.69) is 5.32 Å². The number of nitrogens with one attached hydrogen (secondary N) is 1. The minimum atomic E-state index is -1.11. The maximum Gasteiger partial charge on any atom is 0.326 e. The lowest BCUT2D eigenvalue weighted by Gasteiger charge is -2.14. The fourth-order valence-electron chi connectivity index (χ4n) is 1.61. The van der Waals surface area contributed by atoms with Gasteiger partial charge in [0, 0.05) is 13.0 Å². The van der Waals surface area contributed by atoms with E-state index in [1.54, 1.807) is 12.1 Å². The van der Waals surface area contributed by atoms with Gasteiger partial charge < -0.3 is 20.3 Å². The molecule has 110 valence electrons. The van der Waals surface area contributed by atoms with Crippen LogP contribution in [0.4, 0.5) is 0 Å². The molecule has 3 N–H and O–H groups in total. The number of ether oxygens (including phenoxy) is 1. The molecule has 0 heterocycles. The second kappa shape index (κ2) is 8.16. The molecule has 0 spiro atoms. The topological polar surface area (TPSA) is 95.9 Å². The van der Waals surface area contributed by atoms with Gasteiger partial charge >= 0.3 is 5.97 Å². The average molecular weight is 281 g/mol. The molecule has 0 aliphatic rings. The van der Waals surface area contributed by atoms with Crippen molar-refractivity contribution in [1.29, 1.82) is 0 Å². The van der Waals surface area contributed by atoms with E-state index in [0.29, 0.717) is 12.2 Å². The predicted molar refractivity (Wildman–Crippen MR) is 72.5 cm³/mol. The van der Waals surface area contributed by atoms with Crippen LogP contribution in [-0.4, -0.2) is 41.3 Å². The van der Waals surface area contributed by atoms with Crippen LogP contribution >= 0.6 is 0 Å². The van der Waals surface area contributed by atoms with E-state index in [1.807, 2.05) is 6.92 Å². The Kier molecular flexibility index (Phi) is 6.52. The number of hydrogen-bond donors (Lipinski definition) is 3. The Hall–Kier alpha value is -2.08. The first kappa shape index (κ1) is 16.0. The van der Waals surface area contributed by atoms with Gasteiger partial charge in [-0.05, 0) is 24.1 Å². The molecule has 1 atom stereocenters. The van der Waals surface area contributed by atoms with Gasteiger partial charge in [0.05, 0.1) is 0 Å². The SMILES string of the molecule is CCCOCC(=O)NC(Cc1ccc(O)cc1)C(=O)O. The third kappa shape index (κ3) is 5.71. The summed E-state index contributed by atoms with van der Waals surface area (Å²) in [6, 6.07) is 5.16. The summed E-state index contributed by atoms with van der Waals surface area (Å²) < 4.78 is 5.05. The maximum atomic E-state index is 11.5. The van der Waals surface area contributed by atoms with Crippen molar-refractivity contribution in [2.45, 2.75) is 25.8 Å². The van der Waals surface area contributed by atoms with Crippen molar-refractivity contribution in [3.63, 3.8) is 0 Å². The van der Waals surface area contributed by atoms with Crippen LogP contribution in [0, 0.1) is 0 Å². The van der Waals surface area contributed by atoms with E-state index >= 15 is 0 Å². The van der Waals surface area contributed by atoms with Gasteiger partial charge in [0.15, 0.2) is 0 Å². The zero-order valence-electron chi connectivity index (χ0n) is 11.3. The van der Waals surface area contributed by atoms with Crippen LogP contribution in [0.5, 0.6) is 5.75 Å². The summed E-state index contributed by atoms with van der Waals surface area (Å²) >= 11 is 0. The lowest BCUT2D eigenvalue weighted by atomic mass is 10.1. The summed E-state index contributed by atoms with van der Waals surface area (Å²) in [7, 11) is 0. The van der Waals surface area contributed by atoms with Crippen molar-refractivity contribution in [2.75, 3.05) is 13.2 Å². The first-order valence-corrected chi connectivity index (χ1v) is 6.40. The number of rotatable bonds is 8. The van der Waals surface area contributed by atoms with Crippen LogP contribution in [0.2, 0.25) is 0 Å². The third-order valence-electron chi connectivity index (χ3n) is 2.59. The maximum absolute atomic E-state index is 11.5. The van der Waals surface area contributed by atoms with Crippen LogP contribution < -0.4 is 5.32 Å². The molecule has 6 heteroatoms. The van der Waals surface area contributed by atoms with Gasteiger partial charge in [0.25, 0.3) is 0 Å². The second-order valence-electron chi connectivity index (χ2n) is 4.38. The van der Waals surface area contributed by atoms with Gasteiger partial charge in [-0.1, -0.05) is 19.1 Å². The average Bonchev–Trinajstić information content (AvgIpc) is 2.40. The van der Waals surface area contributed by atoms with Crippen molar-refractivity contribution in [3.05, 3.63) is 29.8 Å². The van der Waals surface area contributed by atoms with E-state index in [-0.39, 0.29) is 18.8 Å². The Morgan fingerprint density at radius 2 is 1.95 bits per heavy atom. The lowest BCUT2D eigenvalue weighted by Crippen LogP contribution is -2.43. The smallest absolute Gasteiger partial charge is 0.326 e. The zero-order chi connectivity index (χ0) is 15.0. The highest BCUT2D eigenvalue weighted by molar-refractivity contribution is 5.84. The molecular formula is C14H19NO5. The van der Waals surface area contributed by atoms with Gasteiger partial charge in [0.2, 0.25) is 5.91 Å². The number of aliphatic carboxylic acids is 1. The number of hydrogen-bond acceptors (Lipinski definition) is 4. The number of phenols is 1. The summed E-state index contributed by atoms with van der Waals surface area (Å²) in [6.07, 6.45) is 0.943. The van der Waals surface area contributed by atoms with E-state index < -0.39 is 17.9 Å². The van der Waals surface area contributed by atoms with Crippen LogP contribution in [0.1, 0.15) is 18.9 Å². The van der Waals surface area contributed by atoms with Crippen LogP contribution in [0.15, 0.2) is 24.3 Å². The minimum Gasteiger partial charge on any atom is -0.508 e. The van der Waals surface area contributed by atoms with Crippen molar-refractivity contribution in [1.82, 2.24) is 5.32 Å². The Balaban J connectivity index is 2.54. The van der Waals surface area contributed by atoms with E-state index in [0.717, 1.165) is 6.42 Å². The molecule has 1 unspecified atom stereocenters. The Labute approximate surface area is 117 Å². The molecule has 1 aromatic carbocycles. The molecule has 0 aromatic heterocycles. The van der Waals surface area contributed by atoms with Gasteiger partial charge in [-0.2, -0.15) is 0 Å². The molecule has 1 amide bonds. The van der Waals surface area contributed by atoms with Gasteiger partial charge in [-0.25, -0.2) is 4.79 Å². The highest BCUT2D eigenvalue weighted by atomic mass is 16.5. The minimum absolute atomic E-state index is 0.109. The van der Waals surface area contributed by atoms with Crippen molar-refractivity contribution in [3.8, 4) is 5.75 Å². The lowest BCUT2D eigenvalue weighted by molar-refractivity contribution is -0.142. The summed E-state index contributed by atoms with van der Waals surface area (Å²) in [5.41, 5.74) is 0.713. The number of amides is 1. The van der Waals surface area contributed by atoms with Gasteiger partial charge in [0.1, 0.15) is 18.4 Å². The van der Waals surface area contributed by atoms with E-state index in [1.165, 1.54) is 12.1 Å². The number of benzene rings is 1. The summed E-state index contributed by atoms with van der Waals surface area (Å²) in [5.74, 6) is -1.45. The van der Waals surface area contributed by atoms with Crippen molar-refractivity contribution >= 4 is 11.9 Å². The molecule has 0 aliphatic heterocycles. The molecule has 0 fully saturated rings. The Morgan fingerprint density at radius 3 is 2.50 bits per heavy atom. The van der Waals surface area contributed by atoms with Crippen LogP contribution in [0.3, 0.4) is 0 Å². The highest BCUT2D eigenvalue weighted by Crippen LogP contribution is 2.11. The van der Waals surface area contributed by atoms with Crippen LogP contribution in [0.25, 0.3) is 0 Å². The number of carboxylic acids is 1. The number of carboxylic acid groups (broad SMARTS) is 1. The molecule has 0 saturated carbocycles. The third-order valence-corrected chi connectivity index (χ3v) is 2.59. The van der Waals surface area contributed by atoms with E-state index in [4.69, 9.17) is 14.9 Å². The number of aromatic hydroxyl groups is 1. The predicted octanol–water partition coefficient (Wildman–Crippen LogP) is 0.931. The molecule has 1 rings (SSSR count). The largest absolute Gasteiger partial charge is 0.508 e. The first-order valence-electron chi connectivity index (χ1n) is 6.40. The molecule has 20 heavy (non-hydrogen) atoms. The monoisotopic (exact) mass is 281 g/mol. The Morgan fingerprint density at radius 1 is 1.30 bits per heavy atom. The first-order chi connectivity index (χ1) is 9.52. The number of carbonyl (C=O) groups excluding carboxylic acids is 1. The summed E-state index contributed by atoms with van der Waals surface area (Å²) in [4.78, 5) is 22.7. The molecule has 6 nitrogen and oxygen atoms in total. The van der Waals surface area contributed by atoms with Crippen molar-refractivity contribution < 1.29 is 24.5 Å². The highest BCUT2D eigenvalue weighted by Gasteiger charge is 2.20. The van der Waals surface area contributed by atoms with Crippen LogP contribution in [-0.2, 0) is 20.7 Å². The summed E-state index contributed by atoms with van der Waals surface area (Å²) in [5, 5.41) is 20.7. The van der Waals surface area contributed by atoms with Gasteiger partial charge in [-0.3, -0.25) is 4.79 Å². The number of carbonyl (C=O) groups is 2. The normalized spacial score (nSPS) is 11.8. The number of phenolic OH excluding ortho intramolecular Hbond substituents is 1. The summed E-state index contributed by atoms with van der Waals surface area (Å²) in [6.45, 7) is 2.24. The van der Waals surface area contributed by atoms with E-state index in [9.17, 15) is 9.59 Å². The molecular weight excluding hydrogens is 262 g/mol. The van der Waals surface area contributed by atoms with Gasteiger partial charge in [-0.15, -0.1) is 0 Å². The second-order valence-corrected chi connectivity index (χ2v) is 4.38. The molecule has 1 aromatic rings. The standard InChI is InChI=1S/C14H19NO5/c1-2-7-20-9-13(17)15-12(14(18)19)8-10-3-5-11(16)6-4-10/h3-6,12,16H,2,7-9H2,1H3,(H,15,17)(H,18,19). The molecule has 0 aliphatic carbocycles. The van der Waals surface area contributed by atoms with Crippen molar-refractivity contribution in [2.24, 2.45) is 0 Å². The molecule has 0 bridgehead atoms. The quantitative estimate of drug-likeness (QED) is 0.616. The molecule has 0 saturated heterocycles. The fourth-order valence-corrected chi connectivity index (χ4v) is 1.61.